The van der Waals surface area contributed by atoms with Crippen molar-refractivity contribution in [1.82, 2.24) is 10.3 Å². The van der Waals surface area contributed by atoms with Crippen LogP contribution in [0, 0.1) is 0 Å². The van der Waals surface area contributed by atoms with Crippen molar-refractivity contribution in [2.24, 2.45) is 5.73 Å². The number of aliphatic carboxylic acids is 1. The first-order valence-corrected chi connectivity index (χ1v) is 5.25. The second-order valence-electron chi connectivity index (χ2n) is 3.61. The van der Waals surface area contributed by atoms with Crippen LogP contribution < -0.4 is 15.8 Å². The molecule has 19 heavy (non-hydrogen) atoms. The molecule has 0 bridgehead atoms. The maximum atomic E-state index is 11.9. The standard InChI is InChI=1S/C11H13N3O5/c1-19-8-5-13-3-2-6(8)10(16)14-7(11(17)18)4-9(12)15/h2-3,5,7H,4H2,1H3,(H2,12,15)(H,14,16)(H,17,18). The molecule has 1 heterocycles. The third-order valence-corrected chi connectivity index (χ3v) is 2.26. The van der Waals surface area contributed by atoms with E-state index in [-0.39, 0.29) is 11.3 Å². The van der Waals surface area contributed by atoms with Crippen LogP contribution in [0.15, 0.2) is 18.5 Å². The van der Waals surface area contributed by atoms with Gasteiger partial charge in [-0.3, -0.25) is 14.6 Å². The van der Waals surface area contributed by atoms with Gasteiger partial charge in [0.2, 0.25) is 5.91 Å². The Balaban J connectivity index is 2.87. The summed E-state index contributed by atoms with van der Waals surface area (Å²) in [5.41, 5.74) is 5.03. The van der Waals surface area contributed by atoms with Crippen LogP contribution in [0.25, 0.3) is 0 Å². The Morgan fingerprint density at radius 2 is 2.21 bits per heavy atom. The first-order valence-electron chi connectivity index (χ1n) is 5.25. The quantitative estimate of drug-likeness (QED) is 0.615. The number of nitrogens with two attached hydrogens (primary N) is 1. The predicted molar refractivity (Wildman–Crippen MR) is 63.5 cm³/mol. The van der Waals surface area contributed by atoms with Gasteiger partial charge in [-0.25, -0.2) is 4.79 Å². The molecule has 1 unspecified atom stereocenters. The van der Waals surface area contributed by atoms with E-state index in [0.29, 0.717) is 0 Å². The molecule has 1 atom stereocenters. The molecule has 8 nitrogen and oxygen atoms in total. The summed E-state index contributed by atoms with van der Waals surface area (Å²) >= 11 is 0. The van der Waals surface area contributed by atoms with E-state index < -0.39 is 30.2 Å². The largest absolute Gasteiger partial charge is 0.494 e. The van der Waals surface area contributed by atoms with Gasteiger partial charge in [-0.05, 0) is 6.07 Å². The Bertz CT molecular complexity index is 503. The maximum Gasteiger partial charge on any atom is 0.326 e. The van der Waals surface area contributed by atoms with Crippen LogP contribution in [0.4, 0.5) is 0 Å². The molecule has 1 rings (SSSR count). The zero-order valence-corrected chi connectivity index (χ0v) is 10.1. The van der Waals surface area contributed by atoms with Crippen LogP contribution in [0.1, 0.15) is 16.8 Å². The van der Waals surface area contributed by atoms with E-state index in [4.69, 9.17) is 15.6 Å². The molecule has 1 aromatic rings. The molecule has 0 radical (unpaired) electrons. The second kappa shape index (κ2) is 6.34. The van der Waals surface area contributed by atoms with Gasteiger partial charge in [0.05, 0.1) is 25.3 Å². The molecule has 4 N–H and O–H groups in total. The topological polar surface area (TPSA) is 132 Å². The van der Waals surface area contributed by atoms with Gasteiger partial charge in [-0.15, -0.1) is 0 Å². The molecule has 0 saturated carbocycles. The predicted octanol–water partition coefficient (Wildman–Crippen LogP) is -0.851. The first-order chi connectivity index (χ1) is 8.95. The van der Waals surface area contributed by atoms with Crippen molar-refractivity contribution in [1.29, 1.82) is 0 Å². The molecule has 0 spiro atoms. The Hall–Kier alpha value is -2.64. The smallest absolute Gasteiger partial charge is 0.326 e. The van der Waals surface area contributed by atoms with E-state index in [1.54, 1.807) is 0 Å². The number of nitrogens with zero attached hydrogens (tertiary/aromatic N) is 1. The summed E-state index contributed by atoms with van der Waals surface area (Å²) in [7, 11) is 1.35. The van der Waals surface area contributed by atoms with Crippen molar-refractivity contribution in [2.45, 2.75) is 12.5 Å². The highest BCUT2D eigenvalue weighted by atomic mass is 16.5. The number of carbonyl (C=O) groups excluding carboxylic acids is 2. The van der Waals surface area contributed by atoms with Crippen LogP contribution in [0.5, 0.6) is 5.75 Å². The summed E-state index contributed by atoms with van der Waals surface area (Å²) in [4.78, 5) is 37.3. The number of hydrogen-bond acceptors (Lipinski definition) is 5. The average molecular weight is 267 g/mol. The van der Waals surface area contributed by atoms with E-state index in [2.05, 4.69) is 10.3 Å². The summed E-state index contributed by atoms with van der Waals surface area (Å²) in [5, 5.41) is 11.1. The lowest BCUT2D eigenvalue weighted by atomic mass is 10.1. The number of carboxylic acid groups (broad SMARTS) is 1. The Kier molecular flexibility index (Phi) is 4.81. The molecule has 0 aliphatic heterocycles. The number of rotatable bonds is 6. The lowest BCUT2D eigenvalue weighted by Crippen LogP contribution is -2.43. The molecule has 102 valence electrons. The van der Waals surface area contributed by atoms with Gasteiger partial charge < -0.3 is 20.9 Å². The molecule has 2 amide bonds. The van der Waals surface area contributed by atoms with Crippen LogP contribution in [0.3, 0.4) is 0 Å². The van der Waals surface area contributed by atoms with Crippen LogP contribution >= 0.6 is 0 Å². The number of pyridine rings is 1. The molecule has 0 fully saturated rings. The number of amides is 2. The van der Waals surface area contributed by atoms with E-state index in [1.807, 2.05) is 0 Å². The SMILES string of the molecule is COc1cnccc1C(=O)NC(CC(N)=O)C(=O)O. The monoisotopic (exact) mass is 267 g/mol. The fourth-order valence-electron chi connectivity index (χ4n) is 1.37. The number of hydrogen-bond donors (Lipinski definition) is 3. The molecular weight excluding hydrogens is 254 g/mol. The molecule has 8 heteroatoms. The molecular formula is C11H13N3O5. The van der Waals surface area contributed by atoms with Gasteiger partial charge in [0.1, 0.15) is 11.8 Å². The van der Waals surface area contributed by atoms with Gasteiger partial charge >= 0.3 is 5.97 Å². The minimum atomic E-state index is -1.39. The number of nitrogens with one attached hydrogen (secondary N) is 1. The fraction of sp³-hybridized carbons (Fsp3) is 0.273. The molecule has 0 aliphatic rings. The number of carbonyl (C=O) groups is 3. The van der Waals surface area contributed by atoms with Crippen LogP contribution in [-0.4, -0.2) is 41.0 Å². The van der Waals surface area contributed by atoms with Crippen molar-refractivity contribution in [3.05, 3.63) is 24.0 Å². The third kappa shape index (κ3) is 3.95. The van der Waals surface area contributed by atoms with Crippen molar-refractivity contribution < 1.29 is 24.2 Å². The third-order valence-electron chi connectivity index (χ3n) is 2.26. The highest BCUT2D eigenvalue weighted by molar-refractivity contribution is 5.99. The van der Waals surface area contributed by atoms with Gasteiger partial charge in [0.15, 0.2) is 0 Å². The summed E-state index contributed by atoms with van der Waals surface area (Å²) in [5.74, 6) is -2.66. The van der Waals surface area contributed by atoms with Crippen LogP contribution in [0.2, 0.25) is 0 Å². The zero-order chi connectivity index (χ0) is 14.4. The summed E-state index contributed by atoms with van der Waals surface area (Å²) in [6.45, 7) is 0. The lowest BCUT2D eigenvalue weighted by Gasteiger charge is -2.14. The minimum absolute atomic E-state index is 0.119. The highest BCUT2D eigenvalue weighted by Crippen LogP contribution is 2.15. The lowest BCUT2D eigenvalue weighted by molar-refractivity contribution is -0.140. The summed E-state index contributed by atoms with van der Waals surface area (Å²) in [6, 6.07) is -0.0139. The average Bonchev–Trinajstić information content (AvgIpc) is 2.37. The Morgan fingerprint density at radius 1 is 1.53 bits per heavy atom. The molecule has 0 saturated heterocycles. The molecule has 0 aliphatic carbocycles. The van der Waals surface area contributed by atoms with Gasteiger partial charge in [-0.1, -0.05) is 0 Å². The second-order valence-corrected chi connectivity index (χ2v) is 3.61. The zero-order valence-electron chi connectivity index (χ0n) is 10.1. The number of carboxylic acids is 1. The first kappa shape index (κ1) is 14.4. The van der Waals surface area contributed by atoms with Crippen molar-refractivity contribution in [3.8, 4) is 5.75 Å². The van der Waals surface area contributed by atoms with Crippen molar-refractivity contribution in [3.63, 3.8) is 0 Å². The van der Waals surface area contributed by atoms with E-state index in [0.717, 1.165) is 0 Å². The summed E-state index contributed by atoms with van der Waals surface area (Å²) < 4.78 is 4.93. The van der Waals surface area contributed by atoms with Crippen LogP contribution in [-0.2, 0) is 9.59 Å². The van der Waals surface area contributed by atoms with E-state index in [1.165, 1.54) is 25.6 Å². The minimum Gasteiger partial charge on any atom is -0.494 e. The number of primary amides is 1. The van der Waals surface area contributed by atoms with E-state index in [9.17, 15) is 14.4 Å². The fourth-order valence-corrected chi connectivity index (χ4v) is 1.37. The van der Waals surface area contributed by atoms with Gasteiger partial charge in [0, 0.05) is 6.20 Å². The summed E-state index contributed by atoms with van der Waals surface area (Å²) in [6.07, 6.45) is 2.19. The number of ether oxygens (including phenoxy) is 1. The normalized spacial score (nSPS) is 11.4. The van der Waals surface area contributed by atoms with Crippen molar-refractivity contribution in [2.75, 3.05) is 7.11 Å². The highest BCUT2D eigenvalue weighted by Gasteiger charge is 2.24. The Labute approximate surface area is 108 Å². The number of aromatic nitrogens is 1. The van der Waals surface area contributed by atoms with Gasteiger partial charge in [-0.2, -0.15) is 0 Å². The molecule has 0 aromatic carbocycles. The maximum absolute atomic E-state index is 11.9. The van der Waals surface area contributed by atoms with E-state index >= 15 is 0 Å². The van der Waals surface area contributed by atoms with Gasteiger partial charge in [0.25, 0.3) is 5.91 Å². The Morgan fingerprint density at radius 3 is 2.74 bits per heavy atom. The molecule has 1 aromatic heterocycles. The van der Waals surface area contributed by atoms with Crippen molar-refractivity contribution >= 4 is 17.8 Å². The number of methoxy groups -OCH3 is 1.